The van der Waals surface area contributed by atoms with E-state index in [2.05, 4.69) is 6.92 Å². The molecule has 0 bridgehead atoms. The average Bonchev–Trinajstić information content (AvgIpc) is 3.08. The quantitative estimate of drug-likeness (QED) is 0.631. The zero-order chi connectivity index (χ0) is 12.7. The maximum Gasteiger partial charge on any atom is 0.305 e. The summed E-state index contributed by atoms with van der Waals surface area (Å²) in [4.78, 5) is 24.2. The monoisotopic (exact) mass is 241 g/mol. The van der Waals surface area contributed by atoms with Crippen molar-refractivity contribution in [1.29, 1.82) is 0 Å². The number of carboxylic acids is 1. The van der Waals surface area contributed by atoms with Gasteiger partial charge in [0.1, 0.15) is 0 Å². The van der Waals surface area contributed by atoms with Crippen LogP contribution in [0.25, 0.3) is 0 Å². The Bertz CT molecular complexity index is 261. The highest BCUT2D eigenvalue weighted by atomic mass is 16.4. The predicted octanol–water partition coefficient (Wildman–Crippen LogP) is 2.42. The van der Waals surface area contributed by atoms with Crippen molar-refractivity contribution in [3.8, 4) is 0 Å². The highest BCUT2D eigenvalue weighted by Crippen LogP contribution is 2.27. The fourth-order valence-corrected chi connectivity index (χ4v) is 1.96. The third-order valence-electron chi connectivity index (χ3n) is 3.12. The Labute approximate surface area is 103 Å². The Morgan fingerprint density at radius 2 is 1.88 bits per heavy atom. The van der Waals surface area contributed by atoms with Crippen LogP contribution in [0.4, 0.5) is 0 Å². The van der Waals surface area contributed by atoms with Crippen molar-refractivity contribution >= 4 is 11.9 Å². The molecule has 0 aliphatic heterocycles. The molecule has 0 atom stereocenters. The van der Waals surface area contributed by atoms with Gasteiger partial charge >= 0.3 is 5.97 Å². The molecule has 1 amide bonds. The molecular formula is C13H23NO3. The molecule has 0 radical (unpaired) electrons. The summed E-state index contributed by atoms with van der Waals surface area (Å²) in [6, 6.07) is 0.327. The van der Waals surface area contributed by atoms with Crippen molar-refractivity contribution in [1.82, 2.24) is 4.90 Å². The summed E-state index contributed by atoms with van der Waals surface area (Å²) in [5.41, 5.74) is 0. The first-order valence-electron chi connectivity index (χ1n) is 6.66. The minimum Gasteiger partial charge on any atom is -0.481 e. The first-order chi connectivity index (χ1) is 8.15. The lowest BCUT2D eigenvalue weighted by molar-refractivity contribution is -0.138. The predicted molar refractivity (Wildman–Crippen MR) is 65.7 cm³/mol. The third kappa shape index (κ3) is 5.71. The van der Waals surface area contributed by atoms with Crippen molar-refractivity contribution in [2.45, 2.75) is 64.3 Å². The number of carbonyl (C=O) groups excluding carboxylic acids is 1. The Kier molecular flexibility index (Phi) is 6.01. The van der Waals surface area contributed by atoms with Crippen LogP contribution in [-0.4, -0.2) is 34.5 Å². The number of aliphatic carboxylic acids is 1. The van der Waals surface area contributed by atoms with E-state index < -0.39 is 5.97 Å². The second kappa shape index (κ2) is 7.30. The molecule has 0 aromatic heterocycles. The minimum atomic E-state index is -0.825. The fraction of sp³-hybridized carbons (Fsp3) is 0.846. The van der Waals surface area contributed by atoms with E-state index in [1.807, 2.05) is 0 Å². The summed E-state index contributed by atoms with van der Waals surface area (Å²) in [6.07, 6.45) is 7.10. The van der Waals surface area contributed by atoms with Crippen LogP contribution in [0, 0.1) is 0 Å². The number of unbranched alkanes of at least 4 members (excludes halogenated alkanes) is 3. The van der Waals surface area contributed by atoms with Crippen molar-refractivity contribution < 1.29 is 14.7 Å². The van der Waals surface area contributed by atoms with Crippen LogP contribution < -0.4 is 0 Å². The van der Waals surface area contributed by atoms with E-state index >= 15 is 0 Å². The van der Waals surface area contributed by atoms with Crippen LogP contribution >= 0.6 is 0 Å². The van der Waals surface area contributed by atoms with E-state index in [0.29, 0.717) is 19.0 Å². The Morgan fingerprint density at radius 3 is 2.41 bits per heavy atom. The number of nitrogens with zero attached hydrogens (tertiary/aromatic N) is 1. The van der Waals surface area contributed by atoms with Gasteiger partial charge in [0.05, 0.1) is 6.42 Å². The molecular weight excluding hydrogens is 218 g/mol. The van der Waals surface area contributed by atoms with Gasteiger partial charge in [-0.25, -0.2) is 0 Å². The maximum atomic E-state index is 11.9. The lowest BCUT2D eigenvalue weighted by atomic mass is 10.1. The number of carbonyl (C=O) groups is 2. The van der Waals surface area contributed by atoms with Crippen LogP contribution in [0.3, 0.4) is 0 Å². The van der Waals surface area contributed by atoms with Gasteiger partial charge in [0.2, 0.25) is 5.91 Å². The minimum absolute atomic E-state index is 0.0667. The summed E-state index contributed by atoms with van der Waals surface area (Å²) < 4.78 is 0. The SMILES string of the molecule is CCCCCCC(=O)N(CCC(=O)O)C1CC1. The average molecular weight is 241 g/mol. The second-order valence-electron chi connectivity index (χ2n) is 4.77. The van der Waals surface area contributed by atoms with Crippen LogP contribution in [0.1, 0.15) is 58.3 Å². The molecule has 1 aliphatic rings. The van der Waals surface area contributed by atoms with E-state index in [-0.39, 0.29) is 12.3 Å². The van der Waals surface area contributed by atoms with Gasteiger partial charge in [-0.05, 0) is 19.3 Å². The van der Waals surface area contributed by atoms with Crippen LogP contribution in [0.5, 0.6) is 0 Å². The standard InChI is InChI=1S/C13H23NO3/c1-2-3-4-5-6-12(15)14(11-7-8-11)10-9-13(16)17/h11H,2-10H2,1H3,(H,16,17). The van der Waals surface area contributed by atoms with Gasteiger partial charge < -0.3 is 10.0 Å². The van der Waals surface area contributed by atoms with E-state index in [1.54, 1.807) is 4.90 Å². The Balaban J connectivity index is 2.25. The molecule has 17 heavy (non-hydrogen) atoms. The fourth-order valence-electron chi connectivity index (χ4n) is 1.96. The number of hydrogen-bond donors (Lipinski definition) is 1. The van der Waals surface area contributed by atoms with Crippen molar-refractivity contribution in [3.05, 3.63) is 0 Å². The molecule has 0 aromatic rings. The number of hydrogen-bond acceptors (Lipinski definition) is 2. The lowest BCUT2D eigenvalue weighted by Crippen LogP contribution is -2.34. The summed E-state index contributed by atoms with van der Waals surface area (Å²) in [6.45, 7) is 2.53. The number of rotatable bonds is 9. The van der Waals surface area contributed by atoms with Gasteiger partial charge in [0.15, 0.2) is 0 Å². The molecule has 1 saturated carbocycles. The van der Waals surface area contributed by atoms with Gasteiger partial charge in [-0.2, -0.15) is 0 Å². The Hall–Kier alpha value is -1.06. The first kappa shape index (κ1) is 14.0. The summed E-state index contributed by atoms with van der Waals surface area (Å²) in [5, 5.41) is 8.65. The van der Waals surface area contributed by atoms with Gasteiger partial charge in [-0.15, -0.1) is 0 Å². The summed E-state index contributed by atoms with van der Waals surface area (Å²) >= 11 is 0. The van der Waals surface area contributed by atoms with E-state index in [9.17, 15) is 9.59 Å². The largest absolute Gasteiger partial charge is 0.481 e. The molecule has 0 heterocycles. The molecule has 0 spiro atoms. The number of carboxylic acid groups (broad SMARTS) is 1. The number of amides is 1. The normalized spacial score (nSPS) is 14.6. The maximum absolute atomic E-state index is 11.9. The molecule has 4 nitrogen and oxygen atoms in total. The van der Waals surface area contributed by atoms with Gasteiger partial charge in [0.25, 0.3) is 0 Å². The van der Waals surface area contributed by atoms with E-state index in [0.717, 1.165) is 25.7 Å². The molecule has 1 N–H and O–H groups in total. The highest BCUT2D eigenvalue weighted by molar-refractivity contribution is 5.77. The lowest BCUT2D eigenvalue weighted by Gasteiger charge is -2.21. The molecule has 1 fully saturated rings. The molecule has 98 valence electrons. The van der Waals surface area contributed by atoms with Crippen LogP contribution in [0.2, 0.25) is 0 Å². The first-order valence-corrected chi connectivity index (χ1v) is 6.66. The molecule has 0 saturated heterocycles. The van der Waals surface area contributed by atoms with E-state index in [4.69, 9.17) is 5.11 Å². The van der Waals surface area contributed by atoms with Crippen LogP contribution in [-0.2, 0) is 9.59 Å². The molecule has 4 heteroatoms. The molecule has 0 unspecified atom stereocenters. The van der Waals surface area contributed by atoms with Gasteiger partial charge in [-0.3, -0.25) is 9.59 Å². The summed E-state index contributed by atoms with van der Waals surface area (Å²) in [5.74, 6) is -0.681. The molecule has 1 aliphatic carbocycles. The van der Waals surface area contributed by atoms with Crippen molar-refractivity contribution in [2.24, 2.45) is 0 Å². The zero-order valence-electron chi connectivity index (χ0n) is 10.7. The second-order valence-corrected chi connectivity index (χ2v) is 4.77. The van der Waals surface area contributed by atoms with Gasteiger partial charge in [0, 0.05) is 19.0 Å². The smallest absolute Gasteiger partial charge is 0.305 e. The van der Waals surface area contributed by atoms with Gasteiger partial charge in [-0.1, -0.05) is 26.2 Å². The third-order valence-corrected chi connectivity index (χ3v) is 3.12. The van der Waals surface area contributed by atoms with Crippen molar-refractivity contribution in [3.63, 3.8) is 0 Å². The highest BCUT2D eigenvalue weighted by Gasteiger charge is 2.32. The zero-order valence-corrected chi connectivity index (χ0v) is 10.7. The molecule has 1 rings (SSSR count). The summed E-state index contributed by atoms with van der Waals surface area (Å²) in [7, 11) is 0. The topological polar surface area (TPSA) is 57.6 Å². The molecule has 0 aromatic carbocycles. The van der Waals surface area contributed by atoms with Crippen LogP contribution in [0.15, 0.2) is 0 Å². The van der Waals surface area contributed by atoms with Crippen molar-refractivity contribution in [2.75, 3.05) is 6.54 Å². The Morgan fingerprint density at radius 1 is 1.18 bits per heavy atom. The van der Waals surface area contributed by atoms with E-state index in [1.165, 1.54) is 12.8 Å².